The number of carbonyl (C=O) groups is 2. The van der Waals surface area contributed by atoms with Crippen LogP contribution in [-0.2, 0) is 9.59 Å². The average molecular weight is 354 g/mol. The zero-order valence-corrected chi connectivity index (χ0v) is 13.9. The quantitative estimate of drug-likeness (QED) is 0.794. The molecule has 1 atom stereocenters. The van der Waals surface area contributed by atoms with Gasteiger partial charge in [0.25, 0.3) is 0 Å². The average Bonchev–Trinajstić information content (AvgIpc) is 2.43. The van der Waals surface area contributed by atoms with Gasteiger partial charge in [0.05, 0.1) is 13.1 Å². The van der Waals surface area contributed by atoms with Gasteiger partial charge in [0, 0.05) is 16.2 Å². The van der Waals surface area contributed by atoms with Crippen LogP contribution in [0.5, 0.6) is 0 Å². The van der Waals surface area contributed by atoms with Gasteiger partial charge < -0.3 is 10.2 Å². The lowest BCUT2D eigenvalue weighted by Gasteiger charge is -2.28. The number of benzene rings is 1. The number of anilines is 1. The van der Waals surface area contributed by atoms with Crippen LogP contribution >= 0.6 is 15.9 Å². The van der Waals surface area contributed by atoms with Gasteiger partial charge in [-0.15, -0.1) is 0 Å². The van der Waals surface area contributed by atoms with Gasteiger partial charge in [-0.1, -0.05) is 28.9 Å². The van der Waals surface area contributed by atoms with Crippen LogP contribution in [0, 0.1) is 0 Å². The summed E-state index contributed by atoms with van der Waals surface area (Å²) in [5.74, 6) is -0.520. The van der Waals surface area contributed by atoms with Crippen LogP contribution in [0.25, 0.3) is 0 Å². The molecule has 0 saturated carbocycles. The molecule has 1 unspecified atom stereocenters. The van der Waals surface area contributed by atoms with E-state index in [-0.39, 0.29) is 30.9 Å². The second kappa shape index (κ2) is 7.04. The Morgan fingerprint density at radius 2 is 2.00 bits per heavy atom. The fourth-order valence-electron chi connectivity index (χ4n) is 2.35. The summed E-state index contributed by atoms with van der Waals surface area (Å²) in [6.45, 7) is 5.64. The number of amides is 2. The first-order chi connectivity index (χ1) is 10.0. The predicted octanol–water partition coefficient (Wildman–Crippen LogP) is 1.97. The summed E-state index contributed by atoms with van der Waals surface area (Å²) in [6.07, 6.45) is 1.09. The number of nitrogens with one attached hydrogen (secondary N) is 2. The van der Waals surface area contributed by atoms with E-state index in [1.165, 1.54) is 5.56 Å². The molecule has 1 aromatic carbocycles. The molecule has 0 bridgehead atoms. The topological polar surface area (TPSA) is 61.4 Å². The van der Waals surface area contributed by atoms with Crippen LogP contribution in [0.1, 0.15) is 31.9 Å². The fourth-order valence-corrected chi connectivity index (χ4v) is 3.06. The normalized spacial score (nSPS) is 16.8. The molecule has 0 radical (unpaired) electrons. The summed E-state index contributed by atoms with van der Waals surface area (Å²) in [5.41, 5.74) is 2.04. The number of imide groups is 1. The van der Waals surface area contributed by atoms with E-state index in [0.717, 1.165) is 23.1 Å². The summed E-state index contributed by atoms with van der Waals surface area (Å²) in [7, 11) is 0. The molecule has 1 aliphatic heterocycles. The predicted molar refractivity (Wildman–Crippen MR) is 86.2 cm³/mol. The first kappa shape index (κ1) is 16.0. The van der Waals surface area contributed by atoms with E-state index in [4.69, 9.17) is 0 Å². The van der Waals surface area contributed by atoms with Crippen molar-refractivity contribution in [3.8, 4) is 0 Å². The van der Waals surface area contributed by atoms with Crippen molar-refractivity contribution in [2.24, 2.45) is 0 Å². The molecule has 1 aliphatic rings. The fraction of sp³-hybridized carbons (Fsp3) is 0.467. The molecule has 0 aromatic heterocycles. The number of hydrogen-bond acceptors (Lipinski definition) is 4. The maximum absolute atomic E-state index is 11.4. The minimum atomic E-state index is -0.260. The van der Waals surface area contributed by atoms with Crippen molar-refractivity contribution in [3.63, 3.8) is 0 Å². The Hall–Kier alpha value is -1.40. The van der Waals surface area contributed by atoms with E-state index in [1.54, 1.807) is 4.90 Å². The summed E-state index contributed by atoms with van der Waals surface area (Å²) in [4.78, 5) is 24.7. The maximum atomic E-state index is 11.4. The number of nitrogens with zero attached hydrogens (tertiary/aromatic N) is 1. The van der Waals surface area contributed by atoms with Crippen LogP contribution in [0.15, 0.2) is 22.7 Å². The molecular weight excluding hydrogens is 334 g/mol. The molecule has 0 aliphatic carbocycles. The van der Waals surface area contributed by atoms with Crippen molar-refractivity contribution in [2.45, 2.75) is 26.3 Å². The Morgan fingerprint density at radius 3 is 2.57 bits per heavy atom. The molecule has 0 spiro atoms. The van der Waals surface area contributed by atoms with E-state index < -0.39 is 0 Å². The molecule has 1 aromatic rings. The highest BCUT2D eigenvalue weighted by molar-refractivity contribution is 9.10. The van der Waals surface area contributed by atoms with Crippen LogP contribution in [0.2, 0.25) is 0 Å². The largest absolute Gasteiger partial charge is 0.353 e. The monoisotopic (exact) mass is 353 g/mol. The summed E-state index contributed by atoms with van der Waals surface area (Å²) < 4.78 is 0.981. The van der Waals surface area contributed by atoms with Crippen LogP contribution in [0.3, 0.4) is 0 Å². The number of piperazine rings is 1. The second-order valence-electron chi connectivity index (χ2n) is 5.21. The molecule has 5 nitrogen and oxygen atoms in total. The van der Waals surface area contributed by atoms with Crippen LogP contribution < -0.4 is 15.5 Å². The van der Waals surface area contributed by atoms with Gasteiger partial charge >= 0.3 is 0 Å². The van der Waals surface area contributed by atoms with Crippen LogP contribution in [-0.4, -0.2) is 31.4 Å². The SMILES string of the molecule is CCCNC(C)c1ccc(N2CC(=O)NC(=O)C2)cc1Br. The molecule has 2 rings (SSSR count). The first-order valence-electron chi connectivity index (χ1n) is 7.11. The highest BCUT2D eigenvalue weighted by atomic mass is 79.9. The van der Waals surface area contributed by atoms with Gasteiger partial charge in [-0.3, -0.25) is 14.9 Å². The van der Waals surface area contributed by atoms with Crippen molar-refractivity contribution >= 4 is 33.4 Å². The second-order valence-corrected chi connectivity index (χ2v) is 6.06. The third-order valence-electron chi connectivity index (χ3n) is 3.46. The lowest BCUT2D eigenvalue weighted by Crippen LogP contribution is -2.51. The van der Waals surface area contributed by atoms with Gasteiger partial charge in [-0.25, -0.2) is 0 Å². The molecule has 1 heterocycles. The van der Waals surface area contributed by atoms with Crippen molar-refractivity contribution in [1.82, 2.24) is 10.6 Å². The van der Waals surface area contributed by atoms with Gasteiger partial charge in [-0.2, -0.15) is 0 Å². The third kappa shape index (κ3) is 4.04. The molecule has 2 N–H and O–H groups in total. The molecular formula is C15H20BrN3O2. The van der Waals surface area contributed by atoms with E-state index in [9.17, 15) is 9.59 Å². The Labute approximate surface area is 133 Å². The summed E-state index contributed by atoms with van der Waals surface area (Å²) in [5, 5.41) is 5.75. The van der Waals surface area contributed by atoms with Crippen molar-refractivity contribution in [3.05, 3.63) is 28.2 Å². The Bertz CT molecular complexity index is 532. The van der Waals surface area contributed by atoms with E-state index >= 15 is 0 Å². The van der Waals surface area contributed by atoms with E-state index in [1.807, 2.05) is 18.2 Å². The third-order valence-corrected chi connectivity index (χ3v) is 4.15. The van der Waals surface area contributed by atoms with Gasteiger partial charge in [0.1, 0.15) is 0 Å². The van der Waals surface area contributed by atoms with Gasteiger partial charge in [0.2, 0.25) is 11.8 Å². The van der Waals surface area contributed by atoms with Crippen molar-refractivity contribution in [1.29, 1.82) is 0 Å². The van der Waals surface area contributed by atoms with Crippen LogP contribution in [0.4, 0.5) is 5.69 Å². The minimum Gasteiger partial charge on any atom is -0.353 e. The number of halogens is 1. The van der Waals surface area contributed by atoms with Gasteiger partial charge in [-0.05, 0) is 37.6 Å². The van der Waals surface area contributed by atoms with Crippen molar-refractivity contribution in [2.75, 3.05) is 24.5 Å². The zero-order chi connectivity index (χ0) is 15.4. The molecule has 1 saturated heterocycles. The number of carbonyl (C=O) groups excluding carboxylic acids is 2. The standard InChI is InChI=1S/C15H20BrN3O2/c1-3-6-17-10(2)12-5-4-11(7-13(12)16)19-8-14(20)18-15(21)9-19/h4-5,7,10,17H,3,6,8-9H2,1-2H3,(H,18,20,21). The molecule has 6 heteroatoms. The Morgan fingerprint density at radius 1 is 1.33 bits per heavy atom. The molecule has 21 heavy (non-hydrogen) atoms. The Balaban J connectivity index is 2.14. The highest BCUT2D eigenvalue weighted by Crippen LogP contribution is 2.28. The Kier molecular flexibility index (Phi) is 5.36. The molecule has 114 valence electrons. The summed E-state index contributed by atoms with van der Waals surface area (Å²) >= 11 is 3.58. The molecule has 1 fully saturated rings. The van der Waals surface area contributed by atoms with Gasteiger partial charge in [0.15, 0.2) is 0 Å². The van der Waals surface area contributed by atoms with E-state index in [2.05, 4.69) is 40.4 Å². The molecule has 2 amide bonds. The lowest BCUT2D eigenvalue weighted by molar-refractivity contribution is -0.130. The van der Waals surface area contributed by atoms with E-state index in [0.29, 0.717) is 0 Å². The number of rotatable bonds is 5. The van der Waals surface area contributed by atoms with Crippen molar-refractivity contribution < 1.29 is 9.59 Å². The lowest BCUT2D eigenvalue weighted by atomic mass is 10.1. The first-order valence-corrected chi connectivity index (χ1v) is 7.91. The number of hydrogen-bond donors (Lipinski definition) is 2. The summed E-state index contributed by atoms with van der Waals surface area (Å²) in [6, 6.07) is 6.20. The highest BCUT2D eigenvalue weighted by Gasteiger charge is 2.23. The smallest absolute Gasteiger partial charge is 0.246 e. The maximum Gasteiger partial charge on any atom is 0.246 e. The minimum absolute atomic E-state index is 0.209. The zero-order valence-electron chi connectivity index (χ0n) is 12.3.